The minimum atomic E-state index is -0.0262. The molecule has 0 radical (unpaired) electrons. The molecule has 4 aromatic rings. The molecule has 0 aliphatic heterocycles. The van der Waals surface area contributed by atoms with Gasteiger partial charge < -0.3 is 9.30 Å². The lowest BCUT2D eigenvalue weighted by atomic mass is 10.1. The summed E-state index contributed by atoms with van der Waals surface area (Å²) in [7, 11) is 1.68. The monoisotopic (exact) mass is 425 g/mol. The second kappa shape index (κ2) is 10.0. The summed E-state index contributed by atoms with van der Waals surface area (Å²) in [6, 6.07) is 27.9. The Balaban J connectivity index is 1.42. The fraction of sp³-hybridized carbons (Fsp3) is 0.0741. The molecule has 0 amide bonds. The summed E-state index contributed by atoms with van der Waals surface area (Å²) in [6.07, 6.45) is 7.40. The smallest absolute Gasteiger partial charge is 0.185 e. The van der Waals surface area contributed by atoms with Gasteiger partial charge in [0.25, 0.3) is 0 Å². The van der Waals surface area contributed by atoms with Gasteiger partial charge in [0.15, 0.2) is 5.78 Å². The van der Waals surface area contributed by atoms with Gasteiger partial charge in [0.05, 0.1) is 7.11 Å². The quantitative estimate of drug-likeness (QED) is 0.179. The molecule has 0 saturated carbocycles. The number of allylic oxidation sites excluding steroid dienone is 1. The third kappa shape index (κ3) is 5.36. The number of ketones is 1. The average Bonchev–Trinajstić information content (AvgIpc) is 3.37. The number of carbonyl (C=O) groups excluding carboxylic acids is 1. The van der Waals surface area contributed by atoms with Gasteiger partial charge in [-0.3, -0.25) is 4.79 Å². The van der Waals surface area contributed by atoms with Crippen LogP contribution in [-0.2, 0) is 5.75 Å². The van der Waals surface area contributed by atoms with E-state index in [9.17, 15) is 4.79 Å². The predicted octanol–water partition coefficient (Wildman–Crippen LogP) is 6.67. The lowest BCUT2D eigenvalue weighted by Crippen LogP contribution is -1.96. The molecule has 154 valence electrons. The molecule has 0 unspecified atom stereocenters. The van der Waals surface area contributed by atoms with Gasteiger partial charge in [-0.1, -0.05) is 36.4 Å². The third-order valence-corrected chi connectivity index (χ3v) is 5.99. The summed E-state index contributed by atoms with van der Waals surface area (Å²) in [5.41, 5.74) is 3.75. The Bertz CT molecular complexity index is 1160. The van der Waals surface area contributed by atoms with Gasteiger partial charge >= 0.3 is 0 Å². The van der Waals surface area contributed by atoms with Crippen molar-refractivity contribution in [1.29, 1.82) is 0 Å². The predicted molar refractivity (Wildman–Crippen MR) is 128 cm³/mol. The van der Waals surface area contributed by atoms with Crippen LogP contribution in [0.5, 0.6) is 5.75 Å². The Morgan fingerprint density at radius 2 is 1.68 bits per heavy atom. The van der Waals surface area contributed by atoms with E-state index < -0.39 is 0 Å². The van der Waals surface area contributed by atoms with E-state index in [0.29, 0.717) is 5.56 Å². The van der Waals surface area contributed by atoms with Gasteiger partial charge in [-0.15, -0.1) is 11.8 Å². The van der Waals surface area contributed by atoms with Gasteiger partial charge in [-0.05, 0) is 66.2 Å². The number of carbonyl (C=O) groups is 1. The van der Waals surface area contributed by atoms with Crippen LogP contribution in [0.3, 0.4) is 0 Å². The van der Waals surface area contributed by atoms with E-state index >= 15 is 0 Å². The SMILES string of the molecule is COc1cc(/C=C/C(=O)c2ccc(-n3cccc3)cc2)ccc1CSc1ccccc1. The standard InChI is InChI=1S/C27H23NO2S/c1-30-27-19-21(9-11-23(27)20-31-25-7-3-2-4-8-25)10-16-26(29)22-12-14-24(15-13-22)28-17-5-6-18-28/h2-19H,20H2,1H3/b16-10+. The molecule has 3 aromatic carbocycles. The van der Waals surface area contributed by atoms with Crippen LogP contribution in [0, 0.1) is 0 Å². The minimum Gasteiger partial charge on any atom is -0.496 e. The van der Waals surface area contributed by atoms with Gasteiger partial charge in [-0.2, -0.15) is 0 Å². The molecule has 0 bridgehead atoms. The van der Waals surface area contributed by atoms with E-state index in [2.05, 4.69) is 18.2 Å². The number of hydrogen-bond donors (Lipinski definition) is 0. The van der Waals surface area contributed by atoms with Gasteiger partial charge in [0.2, 0.25) is 0 Å². The molecule has 1 aromatic heterocycles. The Hall–Kier alpha value is -3.50. The number of nitrogens with zero attached hydrogens (tertiary/aromatic N) is 1. The highest BCUT2D eigenvalue weighted by Gasteiger charge is 2.06. The number of rotatable bonds is 8. The summed E-state index contributed by atoms with van der Waals surface area (Å²) in [5, 5.41) is 0. The minimum absolute atomic E-state index is 0.0262. The van der Waals surface area contributed by atoms with E-state index in [1.54, 1.807) is 24.9 Å². The van der Waals surface area contributed by atoms with Crippen molar-refractivity contribution in [2.45, 2.75) is 10.6 Å². The molecule has 0 spiro atoms. The Morgan fingerprint density at radius 1 is 0.935 bits per heavy atom. The molecular weight excluding hydrogens is 402 g/mol. The van der Waals surface area contributed by atoms with Crippen molar-refractivity contribution in [1.82, 2.24) is 4.57 Å². The number of benzene rings is 3. The van der Waals surface area contributed by atoms with Crippen LogP contribution in [0.25, 0.3) is 11.8 Å². The first-order valence-electron chi connectivity index (χ1n) is 10.0. The van der Waals surface area contributed by atoms with E-state index in [0.717, 1.165) is 28.3 Å². The maximum absolute atomic E-state index is 12.6. The highest BCUT2D eigenvalue weighted by atomic mass is 32.2. The number of thioether (sulfide) groups is 1. The molecule has 31 heavy (non-hydrogen) atoms. The largest absolute Gasteiger partial charge is 0.496 e. The average molecular weight is 426 g/mol. The summed E-state index contributed by atoms with van der Waals surface area (Å²) < 4.78 is 7.59. The zero-order valence-electron chi connectivity index (χ0n) is 17.3. The lowest BCUT2D eigenvalue weighted by molar-refractivity contribution is 0.104. The maximum Gasteiger partial charge on any atom is 0.185 e. The van der Waals surface area contributed by atoms with Crippen molar-refractivity contribution in [2.75, 3.05) is 7.11 Å². The van der Waals surface area contributed by atoms with Crippen LogP contribution in [-0.4, -0.2) is 17.5 Å². The summed E-state index contributed by atoms with van der Waals surface area (Å²) in [5.74, 6) is 1.62. The van der Waals surface area contributed by atoms with Crippen molar-refractivity contribution in [3.8, 4) is 11.4 Å². The molecule has 0 aliphatic carbocycles. The summed E-state index contributed by atoms with van der Waals surface area (Å²) >= 11 is 1.77. The summed E-state index contributed by atoms with van der Waals surface area (Å²) in [6.45, 7) is 0. The first-order valence-corrected chi connectivity index (χ1v) is 11.0. The van der Waals surface area contributed by atoms with Gasteiger partial charge in [-0.25, -0.2) is 0 Å². The van der Waals surface area contributed by atoms with Crippen molar-refractivity contribution < 1.29 is 9.53 Å². The molecule has 0 atom stereocenters. The normalized spacial score (nSPS) is 11.0. The van der Waals surface area contributed by atoms with Crippen LogP contribution < -0.4 is 4.74 Å². The van der Waals surface area contributed by atoms with Crippen LogP contribution in [0.2, 0.25) is 0 Å². The Labute approximate surface area is 187 Å². The molecule has 0 N–H and O–H groups in total. The molecule has 3 nitrogen and oxygen atoms in total. The van der Waals surface area contributed by atoms with Crippen LogP contribution in [0.1, 0.15) is 21.5 Å². The molecular formula is C27H23NO2S. The van der Waals surface area contributed by atoms with Crippen LogP contribution >= 0.6 is 11.8 Å². The Kier molecular flexibility index (Phi) is 6.70. The van der Waals surface area contributed by atoms with Crippen molar-refractivity contribution in [3.63, 3.8) is 0 Å². The third-order valence-electron chi connectivity index (χ3n) is 4.93. The first kappa shape index (κ1) is 20.8. The maximum atomic E-state index is 12.6. The van der Waals surface area contributed by atoms with Gasteiger partial charge in [0.1, 0.15) is 5.75 Å². The van der Waals surface area contributed by atoms with E-state index in [4.69, 9.17) is 4.74 Å². The topological polar surface area (TPSA) is 31.2 Å². The molecule has 4 rings (SSSR count). The lowest BCUT2D eigenvalue weighted by Gasteiger charge is -2.09. The van der Waals surface area contributed by atoms with E-state index in [1.165, 1.54) is 4.90 Å². The molecule has 0 aliphatic rings. The number of hydrogen-bond acceptors (Lipinski definition) is 3. The van der Waals surface area contributed by atoms with E-state index in [1.807, 2.05) is 89.8 Å². The van der Waals surface area contributed by atoms with Crippen molar-refractivity contribution in [3.05, 3.63) is 120 Å². The number of aromatic nitrogens is 1. The fourth-order valence-electron chi connectivity index (χ4n) is 3.23. The fourth-order valence-corrected chi connectivity index (χ4v) is 4.14. The molecule has 1 heterocycles. The number of methoxy groups -OCH3 is 1. The highest BCUT2D eigenvalue weighted by Crippen LogP contribution is 2.29. The number of ether oxygens (including phenoxy) is 1. The van der Waals surface area contributed by atoms with Crippen LogP contribution in [0.4, 0.5) is 0 Å². The Morgan fingerprint density at radius 3 is 2.39 bits per heavy atom. The second-order valence-corrected chi connectivity index (χ2v) is 8.06. The van der Waals surface area contributed by atoms with E-state index in [-0.39, 0.29) is 5.78 Å². The second-order valence-electron chi connectivity index (χ2n) is 7.01. The van der Waals surface area contributed by atoms with Gasteiger partial charge in [0, 0.05) is 39.9 Å². The molecule has 0 saturated heterocycles. The summed E-state index contributed by atoms with van der Waals surface area (Å²) in [4.78, 5) is 13.8. The first-order chi connectivity index (χ1) is 15.2. The highest BCUT2D eigenvalue weighted by molar-refractivity contribution is 7.98. The zero-order chi connectivity index (χ0) is 21.5. The van der Waals surface area contributed by atoms with Crippen molar-refractivity contribution >= 4 is 23.6 Å². The van der Waals surface area contributed by atoms with Crippen molar-refractivity contribution in [2.24, 2.45) is 0 Å². The van der Waals surface area contributed by atoms with Crippen LogP contribution in [0.15, 0.2) is 108 Å². The molecule has 0 fully saturated rings. The molecule has 4 heteroatoms. The zero-order valence-corrected chi connectivity index (χ0v) is 18.1.